The third-order valence-corrected chi connectivity index (χ3v) is 3.03. The van der Waals surface area contributed by atoms with Crippen LogP contribution < -0.4 is 10.1 Å². The highest BCUT2D eigenvalue weighted by Crippen LogP contribution is 2.30. The van der Waals surface area contributed by atoms with Crippen molar-refractivity contribution < 1.29 is 4.74 Å². The topological polar surface area (TPSA) is 21.3 Å². The molecule has 0 saturated heterocycles. The molecule has 0 fully saturated rings. The van der Waals surface area contributed by atoms with Crippen molar-refractivity contribution in [2.45, 2.75) is 12.5 Å². The lowest BCUT2D eigenvalue weighted by Crippen LogP contribution is -2.11. The molecule has 0 radical (unpaired) electrons. The molecule has 2 aromatic rings. The van der Waals surface area contributed by atoms with Gasteiger partial charge < -0.3 is 10.1 Å². The summed E-state index contributed by atoms with van der Waals surface area (Å²) in [7, 11) is 1.70. The van der Waals surface area contributed by atoms with Gasteiger partial charge in [-0.3, -0.25) is 0 Å². The number of ether oxygens (including phenoxy) is 1. The number of para-hydroxylation sites is 2. The Hall–Kier alpha value is -2.22. The van der Waals surface area contributed by atoms with E-state index in [1.54, 1.807) is 7.11 Å². The number of methoxy groups -OCH3 is 1. The van der Waals surface area contributed by atoms with Crippen molar-refractivity contribution in [2.24, 2.45) is 0 Å². The largest absolute Gasteiger partial charge is 0.496 e. The van der Waals surface area contributed by atoms with E-state index >= 15 is 0 Å². The number of hydrogen-bond donors (Lipinski definition) is 1. The molecule has 0 saturated carbocycles. The third kappa shape index (κ3) is 3.38. The molecule has 2 aromatic carbocycles. The van der Waals surface area contributed by atoms with E-state index in [0.717, 1.165) is 23.4 Å². The molecule has 0 bridgehead atoms. The molecule has 0 spiro atoms. The molecular formula is C17H19NO. The van der Waals surface area contributed by atoms with Crippen molar-refractivity contribution in [1.29, 1.82) is 0 Å². The zero-order valence-corrected chi connectivity index (χ0v) is 11.2. The van der Waals surface area contributed by atoms with Crippen LogP contribution in [-0.2, 0) is 0 Å². The van der Waals surface area contributed by atoms with Crippen LogP contribution in [0.3, 0.4) is 0 Å². The summed E-state index contributed by atoms with van der Waals surface area (Å²) in [6, 6.07) is 18.4. The minimum Gasteiger partial charge on any atom is -0.496 e. The van der Waals surface area contributed by atoms with Gasteiger partial charge in [0.15, 0.2) is 0 Å². The highest BCUT2D eigenvalue weighted by molar-refractivity contribution is 5.47. The Morgan fingerprint density at radius 1 is 1.11 bits per heavy atom. The quantitative estimate of drug-likeness (QED) is 0.769. The summed E-state index contributed by atoms with van der Waals surface area (Å²) in [5.74, 6) is 0.901. The first-order chi connectivity index (χ1) is 9.35. The standard InChI is InChI=1S/C17H19NO/c1-3-9-16(18-14-10-5-4-6-11-14)15-12-7-8-13-17(15)19-2/h3-8,10-13,16,18H,1,9H2,2H3. The first-order valence-corrected chi connectivity index (χ1v) is 6.40. The Bertz CT molecular complexity index is 522. The monoisotopic (exact) mass is 253 g/mol. The average molecular weight is 253 g/mol. The van der Waals surface area contributed by atoms with Gasteiger partial charge in [-0.05, 0) is 24.6 Å². The van der Waals surface area contributed by atoms with Gasteiger partial charge >= 0.3 is 0 Å². The van der Waals surface area contributed by atoms with Crippen LogP contribution in [0.25, 0.3) is 0 Å². The minimum atomic E-state index is 0.163. The molecule has 0 amide bonds. The number of hydrogen-bond acceptors (Lipinski definition) is 2. The molecule has 1 atom stereocenters. The first kappa shape index (κ1) is 13.2. The summed E-state index contributed by atoms with van der Waals surface area (Å²) in [6.45, 7) is 3.84. The normalized spacial score (nSPS) is 11.6. The zero-order chi connectivity index (χ0) is 13.5. The molecule has 0 aliphatic heterocycles. The van der Waals surface area contributed by atoms with Crippen LogP contribution in [0, 0.1) is 0 Å². The van der Waals surface area contributed by atoms with Gasteiger partial charge in [0, 0.05) is 11.3 Å². The Labute approximate surface area is 114 Å². The van der Waals surface area contributed by atoms with Gasteiger partial charge in [-0.15, -0.1) is 6.58 Å². The highest BCUT2D eigenvalue weighted by Gasteiger charge is 2.14. The molecule has 2 rings (SSSR count). The Balaban J connectivity index is 2.27. The molecule has 0 aromatic heterocycles. The Morgan fingerprint density at radius 3 is 2.47 bits per heavy atom. The molecule has 19 heavy (non-hydrogen) atoms. The SMILES string of the molecule is C=CCC(Nc1ccccc1)c1ccccc1OC. The Kier molecular flexibility index (Phi) is 4.62. The lowest BCUT2D eigenvalue weighted by atomic mass is 10.0. The Morgan fingerprint density at radius 2 is 1.79 bits per heavy atom. The van der Waals surface area contributed by atoms with E-state index in [9.17, 15) is 0 Å². The second-order valence-corrected chi connectivity index (χ2v) is 4.33. The fourth-order valence-electron chi connectivity index (χ4n) is 2.12. The lowest BCUT2D eigenvalue weighted by molar-refractivity contribution is 0.407. The summed E-state index contributed by atoms with van der Waals surface area (Å²) >= 11 is 0. The van der Waals surface area contributed by atoms with Crippen LogP contribution in [0.4, 0.5) is 5.69 Å². The molecule has 0 aliphatic carbocycles. The maximum atomic E-state index is 5.44. The molecule has 2 heteroatoms. The van der Waals surface area contributed by atoms with Crippen LogP contribution in [0.15, 0.2) is 67.3 Å². The average Bonchev–Trinajstić information content (AvgIpc) is 2.48. The van der Waals surface area contributed by atoms with Gasteiger partial charge in [0.25, 0.3) is 0 Å². The maximum absolute atomic E-state index is 5.44. The fraction of sp³-hybridized carbons (Fsp3) is 0.176. The van der Waals surface area contributed by atoms with Crippen LogP contribution in [0.2, 0.25) is 0 Å². The fourth-order valence-corrected chi connectivity index (χ4v) is 2.12. The number of anilines is 1. The van der Waals surface area contributed by atoms with Crippen LogP contribution in [0.5, 0.6) is 5.75 Å². The van der Waals surface area contributed by atoms with E-state index in [1.165, 1.54) is 0 Å². The summed E-state index contributed by atoms with van der Waals surface area (Å²) in [6.07, 6.45) is 2.77. The molecule has 1 N–H and O–H groups in total. The predicted molar refractivity (Wildman–Crippen MR) is 80.6 cm³/mol. The van der Waals surface area contributed by atoms with Crippen molar-refractivity contribution in [3.05, 3.63) is 72.8 Å². The molecule has 2 nitrogen and oxygen atoms in total. The van der Waals surface area contributed by atoms with E-state index in [-0.39, 0.29) is 6.04 Å². The number of rotatable bonds is 6. The molecular weight excluding hydrogens is 234 g/mol. The molecule has 0 heterocycles. The van der Waals surface area contributed by atoms with Gasteiger partial charge in [0.1, 0.15) is 5.75 Å². The minimum absolute atomic E-state index is 0.163. The first-order valence-electron chi connectivity index (χ1n) is 6.40. The zero-order valence-electron chi connectivity index (χ0n) is 11.2. The summed E-state index contributed by atoms with van der Waals surface area (Å²) in [5, 5.41) is 3.52. The van der Waals surface area contributed by atoms with Gasteiger partial charge in [-0.25, -0.2) is 0 Å². The number of benzene rings is 2. The highest BCUT2D eigenvalue weighted by atomic mass is 16.5. The third-order valence-electron chi connectivity index (χ3n) is 3.03. The van der Waals surface area contributed by atoms with Crippen molar-refractivity contribution >= 4 is 5.69 Å². The lowest BCUT2D eigenvalue weighted by Gasteiger charge is -2.21. The van der Waals surface area contributed by atoms with E-state index in [0.29, 0.717) is 0 Å². The molecule has 0 aliphatic rings. The van der Waals surface area contributed by atoms with Gasteiger partial charge in [-0.1, -0.05) is 42.5 Å². The smallest absolute Gasteiger partial charge is 0.124 e. The van der Waals surface area contributed by atoms with Crippen molar-refractivity contribution in [3.63, 3.8) is 0 Å². The summed E-state index contributed by atoms with van der Waals surface area (Å²) < 4.78 is 5.44. The van der Waals surface area contributed by atoms with Gasteiger partial charge in [0.2, 0.25) is 0 Å². The maximum Gasteiger partial charge on any atom is 0.124 e. The van der Waals surface area contributed by atoms with Gasteiger partial charge in [0.05, 0.1) is 13.2 Å². The van der Waals surface area contributed by atoms with E-state index in [2.05, 4.69) is 30.1 Å². The molecule has 1 unspecified atom stereocenters. The predicted octanol–water partition coefficient (Wildman–Crippen LogP) is 4.42. The molecule has 98 valence electrons. The summed E-state index contributed by atoms with van der Waals surface area (Å²) in [4.78, 5) is 0. The number of nitrogens with one attached hydrogen (secondary N) is 1. The van der Waals surface area contributed by atoms with Crippen LogP contribution in [0.1, 0.15) is 18.0 Å². The van der Waals surface area contributed by atoms with Crippen molar-refractivity contribution in [3.8, 4) is 5.75 Å². The van der Waals surface area contributed by atoms with E-state index in [1.807, 2.05) is 42.5 Å². The summed E-state index contributed by atoms with van der Waals surface area (Å²) in [5.41, 5.74) is 2.24. The van der Waals surface area contributed by atoms with Crippen LogP contribution in [-0.4, -0.2) is 7.11 Å². The van der Waals surface area contributed by atoms with Crippen molar-refractivity contribution in [1.82, 2.24) is 0 Å². The second-order valence-electron chi connectivity index (χ2n) is 4.33. The van der Waals surface area contributed by atoms with Gasteiger partial charge in [-0.2, -0.15) is 0 Å². The van der Waals surface area contributed by atoms with E-state index < -0.39 is 0 Å². The van der Waals surface area contributed by atoms with E-state index in [4.69, 9.17) is 4.74 Å². The van der Waals surface area contributed by atoms with Crippen molar-refractivity contribution in [2.75, 3.05) is 12.4 Å². The van der Waals surface area contributed by atoms with Crippen LogP contribution >= 0.6 is 0 Å². The second kappa shape index (κ2) is 6.64.